The molecule has 4 nitrogen and oxygen atoms in total. The van der Waals surface area contributed by atoms with E-state index in [9.17, 15) is 5.26 Å². The number of nitrogens with one attached hydrogen (secondary N) is 1. The molecule has 0 atom stereocenters. The van der Waals surface area contributed by atoms with E-state index in [1.807, 2.05) is 29.7 Å². The Labute approximate surface area is 106 Å². The highest BCUT2D eigenvalue weighted by molar-refractivity contribution is 5.68. The summed E-state index contributed by atoms with van der Waals surface area (Å²) in [6.07, 6.45) is 1.03. The summed E-state index contributed by atoms with van der Waals surface area (Å²) in [5, 5.41) is 12.6. The first-order valence-corrected chi connectivity index (χ1v) is 6.11. The molecule has 90 valence electrons. The molecule has 1 aliphatic rings. The van der Waals surface area contributed by atoms with Crippen molar-refractivity contribution in [1.29, 1.82) is 5.26 Å². The second-order valence-electron chi connectivity index (χ2n) is 4.55. The summed E-state index contributed by atoms with van der Waals surface area (Å²) in [4.78, 5) is 4.56. The van der Waals surface area contributed by atoms with Gasteiger partial charge >= 0.3 is 0 Å². The van der Waals surface area contributed by atoms with E-state index in [2.05, 4.69) is 22.4 Å². The molecule has 1 aromatic carbocycles. The Kier molecular flexibility index (Phi) is 2.52. The van der Waals surface area contributed by atoms with Gasteiger partial charge < -0.3 is 9.88 Å². The molecule has 1 aliphatic heterocycles. The van der Waals surface area contributed by atoms with E-state index in [1.54, 1.807) is 0 Å². The van der Waals surface area contributed by atoms with Gasteiger partial charge in [0.05, 0.1) is 0 Å². The van der Waals surface area contributed by atoms with Crippen LogP contribution in [0.15, 0.2) is 24.3 Å². The third-order valence-electron chi connectivity index (χ3n) is 3.21. The Morgan fingerprint density at radius 3 is 3.11 bits per heavy atom. The number of anilines is 1. The van der Waals surface area contributed by atoms with Crippen LogP contribution in [0.25, 0.3) is 11.3 Å². The normalized spacial score (nSPS) is 13.6. The molecule has 1 N–H and O–H groups in total. The number of benzene rings is 1. The third-order valence-corrected chi connectivity index (χ3v) is 3.21. The fraction of sp³-hybridized carbons (Fsp3) is 0.286. The molecule has 2 aromatic rings. The average Bonchev–Trinajstić information content (AvgIpc) is 2.77. The first kappa shape index (κ1) is 10.8. The van der Waals surface area contributed by atoms with E-state index in [-0.39, 0.29) is 0 Å². The minimum atomic E-state index is 0.655. The van der Waals surface area contributed by atoms with Gasteiger partial charge in [0, 0.05) is 18.7 Å². The van der Waals surface area contributed by atoms with Gasteiger partial charge in [-0.2, -0.15) is 5.26 Å². The van der Waals surface area contributed by atoms with Gasteiger partial charge in [-0.1, -0.05) is 23.8 Å². The lowest BCUT2D eigenvalue weighted by Gasteiger charge is -2.15. The second kappa shape index (κ2) is 4.19. The van der Waals surface area contributed by atoms with Gasteiger partial charge in [-0.15, -0.1) is 0 Å². The molecule has 0 unspecified atom stereocenters. The topological polar surface area (TPSA) is 53.6 Å². The van der Waals surface area contributed by atoms with E-state index >= 15 is 0 Å². The number of nitrogens with zero attached hydrogens (tertiary/aromatic N) is 3. The second-order valence-corrected chi connectivity index (χ2v) is 4.55. The zero-order chi connectivity index (χ0) is 12.5. The van der Waals surface area contributed by atoms with E-state index in [0.29, 0.717) is 5.69 Å². The van der Waals surface area contributed by atoms with Crippen LogP contribution in [0.5, 0.6) is 0 Å². The molecule has 0 saturated heterocycles. The van der Waals surface area contributed by atoms with Gasteiger partial charge in [-0.25, -0.2) is 4.98 Å². The van der Waals surface area contributed by atoms with E-state index in [1.165, 1.54) is 5.56 Å². The molecular formula is C14H14N4. The SMILES string of the molecule is Cc1cccc(-c2nc3n(c2C#N)CCCN3)c1. The first-order valence-electron chi connectivity index (χ1n) is 6.11. The molecule has 0 radical (unpaired) electrons. The molecule has 0 spiro atoms. The van der Waals surface area contributed by atoms with Crippen molar-refractivity contribution in [2.75, 3.05) is 11.9 Å². The number of aryl methyl sites for hydroxylation is 1. The number of fused-ring (bicyclic) bond motifs is 1. The number of nitriles is 1. The fourth-order valence-electron chi connectivity index (χ4n) is 2.35. The molecule has 0 saturated carbocycles. The molecule has 4 heteroatoms. The predicted molar refractivity (Wildman–Crippen MR) is 70.2 cm³/mol. The lowest BCUT2D eigenvalue weighted by atomic mass is 10.1. The fourth-order valence-corrected chi connectivity index (χ4v) is 2.35. The maximum Gasteiger partial charge on any atom is 0.204 e. The molecule has 18 heavy (non-hydrogen) atoms. The molecule has 0 amide bonds. The van der Waals surface area contributed by atoms with E-state index < -0.39 is 0 Å². The van der Waals surface area contributed by atoms with Gasteiger partial charge in [0.15, 0.2) is 0 Å². The van der Waals surface area contributed by atoms with Crippen LogP contribution in [-0.4, -0.2) is 16.1 Å². The highest BCUT2D eigenvalue weighted by Gasteiger charge is 2.20. The number of rotatable bonds is 1. The summed E-state index contributed by atoms with van der Waals surface area (Å²) in [5.74, 6) is 0.814. The van der Waals surface area contributed by atoms with Crippen LogP contribution in [0.4, 0.5) is 5.95 Å². The quantitative estimate of drug-likeness (QED) is 0.830. The van der Waals surface area contributed by atoms with Crippen LogP contribution in [0.1, 0.15) is 17.7 Å². The van der Waals surface area contributed by atoms with Gasteiger partial charge in [-0.3, -0.25) is 0 Å². The van der Waals surface area contributed by atoms with Crippen LogP contribution in [0.2, 0.25) is 0 Å². The van der Waals surface area contributed by atoms with Gasteiger partial charge in [0.1, 0.15) is 17.5 Å². The van der Waals surface area contributed by atoms with Gasteiger partial charge in [0.25, 0.3) is 0 Å². The summed E-state index contributed by atoms with van der Waals surface area (Å²) >= 11 is 0. The van der Waals surface area contributed by atoms with Crippen molar-refractivity contribution in [2.45, 2.75) is 19.9 Å². The molecular weight excluding hydrogens is 224 g/mol. The average molecular weight is 238 g/mol. The van der Waals surface area contributed by atoms with Crippen LogP contribution >= 0.6 is 0 Å². The van der Waals surface area contributed by atoms with Crippen molar-refractivity contribution in [3.8, 4) is 17.3 Å². The van der Waals surface area contributed by atoms with Crippen molar-refractivity contribution in [1.82, 2.24) is 9.55 Å². The minimum absolute atomic E-state index is 0.655. The summed E-state index contributed by atoms with van der Waals surface area (Å²) in [7, 11) is 0. The van der Waals surface area contributed by atoms with Crippen molar-refractivity contribution >= 4 is 5.95 Å². The summed E-state index contributed by atoms with van der Waals surface area (Å²) in [6, 6.07) is 10.4. The summed E-state index contributed by atoms with van der Waals surface area (Å²) in [5.41, 5.74) is 3.62. The zero-order valence-electron chi connectivity index (χ0n) is 10.3. The van der Waals surface area contributed by atoms with E-state index in [4.69, 9.17) is 0 Å². The van der Waals surface area contributed by atoms with Crippen molar-refractivity contribution in [3.05, 3.63) is 35.5 Å². The highest BCUT2D eigenvalue weighted by atomic mass is 15.2. The smallest absolute Gasteiger partial charge is 0.204 e. The lowest BCUT2D eigenvalue weighted by molar-refractivity contribution is 0.622. The maximum absolute atomic E-state index is 9.36. The van der Waals surface area contributed by atoms with Gasteiger partial charge in [0.2, 0.25) is 5.95 Å². The van der Waals surface area contributed by atoms with Crippen LogP contribution in [0.3, 0.4) is 0 Å². The number of aromatic nitrogens is 2. The standard InChI is InChI=1S/C14H14N4/c1-10-4-2-5-11(8-10)13-12(9-15)18-7-3-6-16-14(18)17-13/h2,4-5,8H,3,6-7H2,1H3,(H,16,17). The Morgan fingerprint density at radius 1 is 1.44 bits per heavy atom. The molecule has 2 heterocycles. The maximum atomic E-state index is 9.36. The number of imidazole rings is 1. The summed E-state index contributed by atoms with van der Waals surface area (Å²) in [6.45, 7) is 3.84. The minimum Gasteiger partial charge on any atom is -0.356 e. The van der Waals surface area contributed by atoms with E-state index in [0.717, 1.165) is 36.7 Å². The predicted octanol–water partition coefficient (Wildman–Crippen LogP) is 2.55. The number of hydrogen-bond donors (Lipinski definition) is 1. The largest absolute Gasteiger partial charge is 0.356 e. The molecule has 1 aromatic heterocycles. The van der Waals surface area contributed by atoms with Crippen molar-refractivity contribution < 1.29 is 0 Å². The molecule has 0 bridgehead atoms. The molecule has 3 rings (SSSR count). The highest BCUT2D eigenvalue weighted by Crippen LogP contribution is 2.28. The van der Waals surface area contributed by atoms with Gasteiger partial charge in [-0.05, 0) is 19.4 Å². The monoisotopic (exact) mass is 238 g/mol. The van der Waals surface area contributed by atoms with Crippen molar-refractivity contribution in [3.63, 3.8) is 0 Å². The third kappa shape index (κ3) is 1.65. The Bertz CT molecular complexity index is 634. The van der Waals surface area contributed by atoms with Crippen LogP contribution < -0.4 is 5.32 Å². The van der Waals surface area contributed by atoms with Crippen LogP contribution in [0, 0.1) is 18.3 Å². The zero-order valence-corrected chi connectivity index (χ0v) is 10.3. The summed E-state index contributed by atoms with van der Waals surface area (Å²) < 4.78 is 1.97. The lowest BCUT2D eigenvalue weighted by Crippen LogP contribution is -2.18. The number of hydrogen-bond acceptors (Lipinski definition) is 3. The Hall–Kier alpha value is -2.28. The Balaban J connectivity index is 2.18. The molecule has 0 aliphatic carbocycles. The molecule has 0 fully saturated rings. The first-order chi connectivity index (χ1) is 8.79. The Morgan fingerprint density at radius 2 is 2.33 bits per heavy atom. The van der Waals surface area contributed by atoms with Crippen LogP contribution in [-0.2, 0) is 6.54 Å². The van der Waals surface area contributed by atoms with Crippen molar-refractivity contribution in [2.24, 2.45) is 0 Å².